The molecular weight excluding hydrogens is 358 g/mol. The predicted molar refractivity (Wildman–Crippen MR) is 106 cm³/mol. The zero-order chi connectivity index (χ0) is 18.9. The molecule has 4 rings (SSSR count). The number of hydrogen-bond donors (Lipinski definition) is 0. The average Bonchev–Trinajstić information content (AvgIpc) is 2.69. The maximum absolute atomic E-state index is 12.8. The van der Waals surface area contributed by atoms with Crippen LogP contribution in [0.15, 0.2) is 98.6 Å². The zero-order valence-corrected chi connectivity index (χ0v) is 15.5. The minimum atomic E-state index is -3.84. The molecule has 0 saturated carbocycles. The highest BCUT2D eigenvalue weighted by atomic mass is 32.2. The van der Waals surface area contributed by atoms with E-state index >= 15 is 0 Å². The lowest BCUT2D eigenvalue weighted by Gasteiger charge is -2.05. The van der Waals surface area contributed by atoms with Crippen LogP contribution in [-0.2, 0) is 10.0 Å². The second-order valence-electron chi connectivity index (χ2n) is 6.24. The molecule has 27 heavy (non-hydrogen) atoms. The summed E-state index contributed by atoms with van der Waals surface area (Å²) in [6.07, 6.45) is 0. The van der Waals surface area contributed by atoms with Crippen LogP contribution in [0.2, 0.25) is 0 Å². The Morgan fingerprint density at radius 2 is 1.48 bits per heavy atom. The third-order valence-corrected chi connectivity index (χ3v) is 5.55. The SMILES string of the molecule is Cc1ccc(S(=O)(=O)/N=c2\cc(-c3ccccc3)oc3ccccc23)cc1. The van der Waals surface area contributed by atoms with E-state index in [2.05, 4.69) is 4.40 Å². The Labute approximate surface area is 157 Å². The third kappa shape index (κ3) is 3.55. The molecular formula is C22H17NO3S. The molecule has 0 spiro atoms. The molecule has 0 aliphatic rings. The van der Waals surface area contributed by atoms with E-state index in [1.807, 2.05) is 49.4 Å². The van der Waals surface area contributed by atoms with Crippen LogP contribution in [-0.4, -0.2) is 8.42 Å². The summed E-state index contributed by atoms with van der Waals surface area (Å²) in [5.41, 5.74) is 2.42. The highest BCUT2D eigenvalue weighted by Crippen LogP contribution is 2.22. The summed E-state index contributed by atoms with van der Waals surface area (Å²) in [5, 5.41) is 1.00. The van der Waals surface area contributed by atoms with Crippen molar-refractivity contribution in [2.45, 2.75) is 11.8 Å². The number of rotatable bonds is 3. The first kappa shape index (κ1) is 17.2. The van der Waals surface area contributed by atoms with Gasteiger partial charge in [-0.05, 0) is 31.2 Å². The van der Waals surface area contributed by atoms with Crippen LogP contribution in [0, 0.1) is 6.92 Å². The smallest absolute Gasteiger partial charge is 0.282 e. The second-order valence-corrected chi connectivity index (χ2v) is 7.84. The van der Waals surface area contributed by atoms with Gasteiger partial charge in [-0.15, -0.1) is 0 Å². The van der Waals surface area contributed by atoms with Crippen LogP contribution in [0.1, 0.15) is 5.56 Å². The van der Waals surface area contributed by atoms with Crippen LogP contribution in [0.25, 0.3) is 22.3 Å². The topological polar surface area (TPSA) is 59.6 Å². The Kier molecular flexibility index (Phi) is 4.38. The Balaban J connectivity index is 1.97. The van der Waals surface area contributed by atoms with E-state index in [-0.39, 0.29) is 4.90 Å². The first-order valence-electron chi connectivity index (χ1n) is 8.49. The molecule has 4 nitrogen and oxygen atoms in total. The Morgan fingerprint density at radius 3 is 2.22 bits per heavy atom. The fourth-order valence-corrected chi connectivity index (χ4v) is 3.83. The van der Waals surface area contributed by atoms with Crippen molar-refractivity contribution >= 4 is 21.0 Å². The maximum atomic E-state index is 12.8. The van der Waals surface area contributed by atoms with Gasteiger partial charge in [-0.3, -0.25) is 0 Å². The number of nitrogens with zero attached hydrogens (tertiary/aromatic N) is 1. The Bertz CT molecular complexity index is 1270. The molecule has 134 valence electrons. The maximum Gasteiger partial charge on any atom is 0.282 e. The van der Waals surface area contributed by atoms with Gasteiger partial charge in [0.2, 0.25) is 0 Å². The molecule has 4 aromatic rings. The first-order chi connectivity index (χ1) is 13.0. The zero-order valence-electron chi connectivity index (χ0n) is 14.7. The van der Waals surface area contributed by atoms with E-state index in [9.17, 15) is 8.42 Å². The lowest BCUT2D eigenvalue weighted by Crippen LogP contribution is -2.09. The van der Waals surface area contributed by atoms with Crippen LogP contribution < -0.4 is 5.36 Å². The summed E-state index contributed by atoms with van der Waals surface area (Å²) in [7, 11) is -3.84. The lowest BCUT2D eigenvalue weighted by atomic mass is 10.1. The second kappa shape index (κ2) is 6.85. The molecule has 0 aliphatic heterocycles. The van der Waals surface area contributed by atoms with Crippen molar-refractivity contribution in [3.63, 3.8) is 0 Å². The summed E-state index contributed by atoms with van der Waals surface area (Å²) in [5.74, 6) is 0.562. The standard InChI is InChI=1S/C22H17NO3S/c1-16-11-13-18(14-12-16)27(24,25)23-20-15-22(17-7-3-2-4-8-17)26-21-10-6-5-9-19(20)21/h2-15H,1H3/b23-20+. The summed E-state index contributed by atoms with van der Waals surface area (Å²) in [6, 6.07) is 25.2. The number of fused-ring (bicyclic) bond motifs is 1. The summed E-state index contributed by atoms with van der Waals surface area (Å²) >= 11 is 0. The van der Waals surface area contributed by atoms with Crippen molar-refractivity contribution < 1.29 is 12.8 Å². The van der Waals surface area contributed by atoms with Gasteiger partial charge >= 0.3 is 0 Å². The number of sulfonamides is 1. The van der Waals surface area contributed by atoms with E-state index in [0.717, 1.165) is 11.1 Å². The van der Waals surface area contributed by atoms with Gasteiger partial charge in [0, 0.05) is 17.0 Å². The molecule has 0 saturated heterocycles. The number of para-hydroxylation sites is 1. The summed E-state index contributed by atoms with van der Waals surface area (Å²) in [6.45, 7) is 1.91. The van der Waals surface area contributed by atoms with Crippen LogP contribution >= 0.6 is 0 Å². The van der Waals surface area contributed by atoms with Crippen molar-refractivity contribution in [3.8, 4) is 11.3 Å². The van der Waals surface area contributed by atoms with Gasteiger partial charge in [0.15, 0.2) is 0 Å². The molecule has 0 fully saturated rings. The van der Waals surface area contributed by atoms with Gasteiger partial charge in [-0.2, -0.15) is 12.8 Å². The quantitative estimate of drug-likeness (QED) is 0.521. The molecule has 3 aromatic carbocycles. The number of hydrogen-bond acceptors (Lipinski definition) is 3. The predicted octanol–water partition coefficient (Wildman–Crippen LogP) is 4.70. The van der Waals surface area contributed by atoms with Gasteiger partial charge in [0.25, 0.3) is 10.0 Å². The molecule has 5 heteroatoms. The van der Waals surface area contributed by atoms with E-state index in [0.29, 0.717) is 22.1 Å². The first-order valence-corrected chi connectivity index (χ1v) is 9.93. The Morgan fingerprint density at radius 1 is 0.815 bits per heavy atom. The van der Waals surface area contributed by atoms with Crippen molar-refractivity contribution in [1.29, 1.82) is 0 Å². The molecule has 0 amide bonds. The van der Waals surface area contributed by atoms with Crippen molar-refractivity contribution in [3.05, 3.63) is 95.8 Å². The fraction of sp³-hybridized carbons (Fsp3) is 0.0455. The van der Waals surface area contributed by atoms with E-state index in [1.54, 1.807) is 42.5 Å². The van der Waals surface area contributed by atoms with Gasteiger partial charge in [-0.25, -0.2) is 0 Å². The molecule has 0 radical (unpaired) electrons. The highest BCUT2D eigenvalue weighted by Gasteiger charge is 2.13. The van der Waals surface area contributed by atoms with Gasteiger partial charge < -0.3 is 4.42 Å². The van der Waals surface area contributed by atoms with E-state index in [4.69, 9.17) is 4.42 Å². The van der Waals surface area contributed by atoms with Gasteiger partial charge in [-0.1, -0.05) is 60.2 Å². The average molecular weight is 375 g/mol. The molecule has 1 aromatic heterocycles. The summed E-state index contributed by atoms with van der Waals surface area (Å²) < 4.78 is 35.7. The number of aryl methyl sites for hydroxylation is 1. The molecule has 0 atom stereocenters. The van der Waals surface area contributed by atoms with Gasteiger partial charge in [0.1, 0.15) is 11.3 Å². The number of benzene rings is 3. The van der Waals surface area contributed by atoms with Crippen LogP contribution in [0.4, 0.5) is 0 Å². The van der Waals surface area contributed by atoms with E-state index in [1.165, 1.54) is 0 Å². The van der Waals surface area contributed by atoms with Crippen molar-refractivity contribution in [1.82, 2.24) is 0 Å². The molecule has 0 bridgehead atoms. The van der Waals surface area contributed by atoms with Gasteiger partial charge in [0.05, 0.1) is 10.3 Å². The normalized spacial score (nSPS) is 12.4. The van der Waals surface area contributed by atoms with Crippen molar-refractivity contribution in [2.75, 3.05) is 0 Å². The van der Waals surface area contributed by atoms with Crippen LogP contribution in [0.3, 0.4) is 0 Å². The fourth-order valence-electron chi connectivity index (χ4n) is 2.83. The Hall–Kier alpha value is -3.18. The minimum absolute atomic E-state index is 0.166. The molecule has 0 N–H and O–H groups in total. The summed E-state index contributed by atoms with van der Waals surface area (Å²) in [4.78, 5) is 0.166. The molecule has 1 heterocycles. The third-order valence-electron chi connectivity index (χ3n) is 4.25. The molecule has 0 aliphatic carbocycles. The molecule has 0 unspecified atom stereocenters. The van der Waals surface area contributed by atoms with Crippen molar-refractivity contribution in [2.24, 2.45) is 4.40 Å². The highest BCUT2D eigenvalue weighted by molar-refractivity contribution is 7.90. The van der Waals surface area contributed by atoms with Crippen LogP contribution in [0.5, 0.6) is 0 Å². The largest absolute Gasteiger partial charge is 0.456 e. The minimum Gasteiger partial charge on any atom is -0.456 e. The van der Waals surface area contributed by atoms with E-state index < -0.39 is 10.0 Å². The monoisotopic (exact) mass is 375 g/mol. The lowest BCUT2D eigenvalue weighted by molar-refractivity contribution is 0.596.